The molecule has 1 unspecified atom stereocenters. The van der Waals surface area contributed by atoms with E-state index in [9.17, 15) is 13.2 Å². The molecule has 0 saturated heterocycles. The van der Waals surface area contributed by atoms with Crippen molar-refractivity contribution in [1.82, 2.24) is 0 Å². The van der Waals surface area contributed by atoms with E-state index in [0.717, 1.165) is 37.8 Å². The number of benzene rings is 1. The summed E-state index contributed by atoms with van der Waals surface area (Å²) in [5.41, 5.74) is 5.44. The first kappa shape index (κ1) is 16.4. The number of nitrogens with two attached hydrogens (primary N) is 1. The van der Waals surface area contributed by atoms with Gasteiger partial charge in [0, 0.05) is 23.3 Å². The lowest BCUT2D eigenvalue weighted by atomic mass is 9.84. The molecule has 0 amide bonds. The van der Waals surface area contributed by atoms with E-state index < -0.39 is 11.7 Å². The number of alkyl halides is 3. The Balaban J connectivity index is 2.15. The fraction of sp³-hybridized carbons (Fsp3) is 0.600. The highest BCUT2D eigenvalue weighted by Gasteiger charge is 2.31. The number of rotatable bonds is 4. The maximum atomic E-state index is 12.8. The van der Waals surface area contributed by atoms with Gasteiger partial charge >= 0.3 is 6.18 Å². The summed E-state index contributed by atoms with van der Waals surface area (Å²) in [4.78, 5) is 0. The van der Waals surface area contributed by atoms with Crippen LogP contribution in [0.25, 0.3) is 0 Å². The van der Waals surface area contributed by atoms with Crippen LogP contribution in [-0.2, 0) is 6.18 Å². The van der Waals surface area contributed by atoms with Gasteiger partial charge in [-0.2, -0.15) is 13.2 Å². The van der Waals surface area contributed by atoms with Crippen molar-refractivity contribution in [2.24, 2.45) is 11.7 Å². The third-order valence-electron chi connectivity index (χ3n) is 4.05. The molecular weight excluding hydrogens is 301 g/mol. The lowest BCUT2D eigenvalue weighted by Crippen LogP contribution is -2.37. The van der Waals surface area contributed by atoms with Crippen LogP contribution in [0.2, 0.25) is 5.02 Å². The summed E-state index contributed by atoms with van der Waals surface area (Å²) in [7, 11) is 0. The zero-order valence-electron chi connectivity index (χ0n) is 11.7. The fourth-order valence-corrected chi connectivity index (χ4v) is 3.19. The Morgan fingerprint density at radius 1 is 1.19 bits per heavy atom. The predicted octanol–water partition coefficient (Wildman–Crippen LogP) is 4.68. The smallest absolute Gasteiger partial charge is 0.381 e. The number of anilines is 1. The van der Waals surface area contributed by atoms with E-state index >= 15 is 0 Å². The molecule has 0 radical (unpaired) electrons. The first-order chi connectivity index (χ1) is 9.90. The van der Waals surface area contributed by atoms with E-state index in [-0.39, 0.29) is 11.1 Å². The summed E-state index contributed by atoms with van der Waals surface area (Å²) in [5, 5.41) is 3.22. The maximum absolute atomic E-state index is 12.8. The molecule has 1 atom stereocenters. The van der Waals surface area contributed by atoms with Crippen LogP contribution < -0.4 is 11.1 Å². The molecule has 1 aromatic carbocycles. The molecule has 21 heavy (non-hydrogen) atoms. The van der Waals surface area contributed by atoms with E-state index in [4.69, 9.17) is 17.3 Å². The Morgan fingerprint density at radius 3 is 2.43 bits per heavy atom. The van der Waals surface area contributed by atoms with Crippen LogP contribution in [0.5, 0.6) is 0 Å². The molecule has 1 saturated carbocycles. The van der Waals surface area contributed by atoms with Gasteiger partial charge in [0.05, 0.1) is 5.56 Å². The summed E-state index contributed by atoms with van der Waals surface area (Å²) in [6, 6.07) is 3.54. The molecule has 1 aliphatic rings. The van der Waals surface area contributed by atoms with Gasteiger partial charge in [-0.3, -0.25) is 0 Å². The van der Waals surface area contributed by atoms with Crippen LogP contribution in [0.4, 0.5) is 18.9 Å². The maximum Gasteiger partial charge on any atom is 0.416 e. The quantitative estimate of drug-likeness (QED) is 0.845. The van der Waals surface area contributed by atoms with Crippen LogP contribution >= 0.6 is 11.6 Å². The second kappa shape index (κ2) is 6.88. The van der Waals surface area contributed by atoms with Crippen molar-refractivity contribution in [2.75, 3.05) is 11.9 Å². The van der Waals surface area contributed by atoms with Gasteiger partial charge in [-0.1, -0.05) is 30.9 Å². The van der Waals surface area contributed by atoms with Crippen LogP contribution in [0.15, 0.2) is 18.2 Å². The van der Waals surface area contributed by atoms with Crippen LogP contribution in [0, 0.1) is 5.92 Å². The number of hydrogen-bond acceptors (Lipinski definition) is 2. The highest BCUT2D eigenvalue weighted by Crippen LogP contribution is 2.34. The summed E-state index contributed by atoms with van der Waals surface area (Å²) < 4.78 is 38.4. The van der Waals surface area contributed by atoms with Gasteiger partial charge in [0.2, 0.25) is 0 Å². The lowest BCUT2D eigenvalue weighted by molar-refractivity contribution is -0.137. The van der Waals surface area contributed by atoms with Crippen molar-refractivity contribution >= 4 is 17.3 Å². The predicted molar refractivity (Wildman–Crippen MR) is 79.5 cm³/mol. The molecule has 0 aliphatic heterocycles. The SMILES string of the molecule is NCC(Nc1cc(Cl)cc(C(F)(F)F)c1)C1CCCCC1. The summed E-state index contributed by atoms with van der Waals surface area (Å²) >= 11 is 5.80. The van der Waals surface area contributed by atoms with Gasteiger partial charge in [-0.25, -0.2) is 0 Å². The van der Waals surface area contributed by atoms with Crippen molar-refractivity contribution in [3.63, 3.8) is 0 Å². The van der Waals surface area contributed by atoms with Crippen LogP contribution in [-0.4, -0.2) is 12.6 Å². The average molecular weight is 321 g/mol. The fourth-order valence-electron chi connectivity index (χ4n) is 2.96. The first-order valence-electron chi connectivity index (χ1n) is 7.24. The molecular formula is C15H20ClF3N2. The normalized spacial score (nSPS) is 18.5. The minimum Gasteiger partial charge on any atom is -0.381 e. The number of hydrogen-bond donors (Lipinski definition) is 2. The van der Waals surface area contributed by atoms with Gasteiger partial charge < -0.3 is 11.1 Å². The molecule has 0 aromatic heterocycles. The Hall–Kier alpha value is -0.940. The standard InChI is InChI=1S/C15H20ClF3N2/c16-12-6-11(15(17,18)19)7-13(8-12)21-14(9-20)10-4-2-1-3-5-10/h6-8,10,14,21H,1-5,9,20H2. The van der Waals surface area contributed by atoms with E-state index in [2.05, 4.69) is 5.32 Å². The summed E-state index contributed by atoms with van der Waals surface area (Å²) in [6.45, 7) is 0.401. The summed E-state index contributed by atoms with van der Waals surface area (Å²) in [6.07, 6.45) is 1.29. The Labute approximate surface area is 127 Å². The van der Waals surface area contributed by atoms with Crippen molar-refractivity contribution in [1.29, 1.82) is 0 Å². The molecule has 0 heterocycles. The van der Waals surface area contributed by atoms with Crippen LogP contribution in [0.3, 0.4) is 0 Å². The molecule has 6 heteroatoms. The van der Waals surface area contributed by atoms with Gasteiger partial charge in [-0.05, 0) is 37.0 Å². The molecule has 2 rings (SSSR count). The molecule has 1 aliphatic carbocycles. The highest BCUT2D eigenvalue weighted by atomic mass is 35.5. The van der Waals surface area contributed by atoms with Crippen molar-refractivity contribution in [2.45, 2.75) is 44.3 Å². The van der Waals surface area contributed by atoms with E-state index in [0.29, 0.717) is 18.2 Å². The Bertz CT molecular complexity index is 470. The second-order valence-corrected chi connectivity index (χ2v) is 6.05. The largest absolute Gasteiger partial charge is 0.416 e. The molecule has 3 N–H and O–H groups in total. The second-order valence-electron chi connectivity index (χ2n) is 5.61. The molecule has 0 bridgehead atoms. The molecule has 1 fully saturated rings. The monoisotopic (exact) mass is 320 g/mol. The molecule has 0 spiro atoms. The molecule has 1 aromatic rings. The summed E-state index contributed by atoms with van der Waals surface area (Å²) in [5.74, 6) is 0.414. The molecule has 118 valence electrons. The molecule has 2 nitrogen and oxygen atoms in total. The average Bonchev–Trinajstić information content (AvgIpc) is 2.44. The van der Waals surface area contributed by atoms with E-state index in [1.165, 1.54) is 12.5 Å². The third-order valence-corrected chi connectivity index (χ3v) is 4.27. The zero-order valence-corrected chi connectivity index (χ0v) is 12.5. The van der Waals surface area contributed by atoms with Crippen molar-refractivity contribution in [3.05, 3.63) is 28.8 Å². The number of halogens is 4. The minimum atomic E-state index is -4.40. The minimum absolute atomic E-state index is 0.00940. The van der Waals surface area contributed by atoms with Gasteiger partial charge in [-0.15, -0.1) is 0 Å². The van der Waals surface area contributed by atoms with Crippen molar-refractivity contribution < 1.29 is 13.2 Å². The van der Waals surface area contributed by atoms with Crippen LogP contribution in [0.1, 0.15) is 37.7 Å². The lowest BCUT2D eigenvalue weighted by Gasteiger charge is -2.31. The Morgan fingerprint density at radius 2 is 1.86 bits per heavy atom. The zero-order chi connectivity index (χ0) is 15.5. The van der Waals surface area contributed by atoms with E-state index in [1.807, 2.05) is 0 Å². The highest BCUT2D eigenvalue weighted by molar-refractivity contribution is 6.30. The Kier molecular flexibility index (Phi) is 5.38. The van der Waals surface area contributed by atoms with Crippen molar-refractivity contribution in [3.8, 4) is 0 Å². The van der Waals surface area contributed by atoms with Gasteiger partial charge in [0.15, 0.2) is 0 Å². The van der Waals surface area contributed by atoms with Gasteiger partial charge in [0.1, 0.15) is 0 Å². The van der Waals surface area contributed by atoms with Gasteiger partial charge in [0.25, 0.3) is 0 Å². The topological polar surface area (TPSA) is 38.0 Å². The third kappa shape index (κ3) is 4.51. The van der Waals surface area contributed by atoms with E-state index in [1.54, 1.807) is 0 Å². The first-order valence-corrected chi connectivity index (χ1v) is 7.62. The number of nitrogens with one attached hydrogen (secondary N) is 1.